The van der Waals surface area contributed by atoms with E-state index in [1.807, 2.05) is 13.8 Å². The van der Waals surface area contributed by atoms with E-state index in [-0.39, 0.29) is 41.9 Å². The van der Waals surface area contributed by atoms with Crippen LogP contribution in [0.5, 0.6) is 0 Å². The van der Waals surface area contributed by atoms with Crippen LogP contribution in [0.1, 0.15) is 61.0 Å². The smallest absolute Gasteiger partial charge is 0.359 e. The first-order valence-electron chi connectivity index (χ1n) is 9.66. The molecule has 0 saturated heterocycles. The summed E-state index contributed by atoms with van der Waals surface area (Å²) < 4.78 is 11.8. The van der Waals surface area contributed by atoms with Gasteiger partial charge in [-0.05, 0) is 40.0 Å². The third kappa shape index (κ3) is 3.76. The summed E-state index contributed by atoms with van der Waals surface area (Å²) in [5, 5.41) is 2.93. The Labute approximate surface area is 164 Å². The standard InChI is InChI=1S/C19H28N4O5/c1-12(2)28-9-5-8-20-18(26)19(3)10-22-11-21-14(17(25)27-4)15(22)16(24)23(19)13-6-7-13/h11-13H,5-10H2,1-4H3,(H,20,26). The second-order valence-electron chi connectivity index (χ2n) is 7.77. The molecule has 0 aromatic carbocycles. The molecule has 1 atom stereocenters. The Morgan fingerprint density at radius 2 is 2.11 bits per heavy atom. The van der Waals surface area contributed by atoms with E-state index in [0.717, 1.165) is 12.8 Å². The number of hydrogen-bond donors (Lipinski definition) is 1. The first-order valence-corrected chi connectivity index (χ1v) is 9.66. The number of rotatable bonds is 8. The largest absolute Gasteiger partial charge is 0.464 e. The zero-order valence-electron chi connectivity index (χ0n) is 16.9. The lowest BCUT2D eigenvalue weighted by molar-refractivity contribution is -0.133. The third-order valence-corrected chi connectivity index (χ3v) is 5.11. The van der Waals surface area contributed by atoms with Crippen LogP contribution in [-0.2, 0) is 20.8 Å². The lowest BCUT2D eigenvalue weighted by Crippen LogP contribution is -2.64. The molecule has 154 valence electrons. The van der Waals surface area contributed by atoms with E-state index in [0.29, 0.717) is 19.6 Å². The second kappa shape index (κ2) is 7.90. The Kier molecular flexibility index (Phi) is 5.74. The number of hydrogen-bond acceptors (Lipinski definition) is 6. The maximum absolute atomic E-state index is 13.2. The highest BCUT2D eigenvalue weighted by molar-refractivity contribution is 6.06. The van der Waals surface area contributed by atoms with Gasteiger partial charge < -0.3 is 24.3 Å². The highest BCUT2D eigenvalue weighted by atomic mass is 16.5. The van der Waals surface area contributed by atoms with Gasteiger partial charge in [0.05, 0.1) is 26.1 Å². The van der Waals surface area contributed by atoms with Crippen molar-refractivity contribution in [3.05, 3.63) is 17.7 Å². The molecule has 1 saturated carbocycles. The highest BCUT2D eigenvalue weighted by Crippen LogP contribution is 2.38. The quantitative estimate of drug-likeness (QED) is 0.523. The average Bonchev–Trinajstić information content (AvgIpc) is 3.38. The maximum atomic E-state index is 13.2. The second-order valence-corrected chi connectivity index (χ2v) is 7.77. The minimum Gasteiger partial charge on any atom is -0.464 e. The van der Waals surface area contributed by atoms with Crippen LogP contribution >= 0.6 is 0 Å². The number of carbonyl (C=O) groups is 3. The number of imidazole rings is 1. The molecule has 2 heterocycles. The van der Waals surface area contributed by atoms with Gasteiger partial charge >= 0.3 is 5.97 Å². The number of methoxy groups -OCH3 is 1. The monoisotopic (exact) mass is 392 g/mol. The van der Waals surface area contributed by atoms with Crippen molar-refractivity contribution in [2.75, 3.05) is 20.3 Å². The maximum Gasteiger partial charge on any atom is 0.359 e. The SMILES string of the molecule is COC(=O)c1ncn2c1C(=O)N(C1CC1)C(C)(C(=O)NCCCOC(C)C)C2. The number of carbonyl (C=O) groups excluding carboxylic acids is 3. The predicted octanol–water partition coefficient (Wildman–Crippen LogP) is 0.978. The Hall–Kier alpha value is -2.42. The topological polar surface area (TPSA) is 103 Å². The predicted molar refractivity (Wildman–Crippen MR) is 99.9 cm³/mol. The summed E-state index contributed by atoms with van der Waals surface area (Å²) in [5.74, 6) is -1.22. The Balaban J connectivity index is 1.78. The average molecular weight is 392 g/mol. The first-order chi connectivity index (χ1) is 13.3. The van der Waals surface area contributed by atoms with Gasteiger partial charge in [-0.3, -0.25) is 9.59 Å². The van der Waals surface area contributed by atoms with E-state index >= 15 is 0 Å². The molecule has 9 heteroatoms. The molecule has 1 aromatic heterocycles. The van der Waals surface area contributed by atoms with Crippen LogP contribution in [0.15, 0.2) is 6.33 Å². The number of fused-ring (bicyclic) bond motifs is 1. The molecule has 0 spiro atoms. The number of esters is 1. The molecule has 2 amide bonds. The van der Waals surface area contributed by atoms with Crippen LogP contribution in [0, 0.1) is 0 Å². The summed E-state index contributed by atoms with van der Waals surface area (Å²) in [6, 6.07) is 0.00155. The fourth-order valence-electron chi connectivity index (χ4n) is 3.58. The zero-order valence-corrected chi connectivity index (χ0v) is 16.9. The Bertz CT molecular complexity index is 770. The molecule has 0 bridgehead atoms. The number of nitrogens with one attached hydrogen (secondary N) is 1. The number of ether oxygens (including phenoxy) is 2. The number of amides is 2. The summed E-state index contributed by atoms with van der Waals surface area (Å²) in [6.45, 7) is 6.97. The normalized spacial score (nSPS) is 21.6. The van der Waals surface area contributed by atoms with Crippen molar-refractivity contribution in [2.24, 2.45) is 0 Å². The van der Waals surface area contributed by atoms with Gasteiger partial charge in [0.1, 0.15) is 11.2 Å². The van der Waals surface area contributed by atoms with Crippen molar-refractivity contribution >= 4 is 17.8 Å². The van der Waals surface area contributed by atoms with Crippen LogP contribution < -0.4 is 5.32 Å². The van der Waals surface area contributed by atoms with Crippen molar-refractivity contribution in [1.29, 1.82) is 0 Å². The lowest BCUT2D eigenvalue weighted by atomic mass is 9.94. The summed E-state index contributed by atoms with van der Waals surface area (Å²) in [6.07, 6.45) is 3.96. The molecule has 0 radical (unpaired) electrons. The fourth-order valence-corrected chi connectivity index (χ4v) is 3.58. The van der Waals surface area contributed by atoms with Crippen LogP contribution in [0.2, 0.25) is 0 Å². The van der Waals surface area contributed by atoms with Crippen molar-refractivity contribution in [3.63, 3.8) is 0 Å². The minimum atomic E-state index is -1.04. The molecule has 1 fully saturated rings. The van der Waals surface area contributed by atoms with Gasteiger partial charge in [-0.1, -0.05) is 0 Å². The molecule has 1 aliphatic carbocycles. The van der Waals surface area contributed by atoms with Crippen LogP contribution in [0.4, 0.5) is 0 Å². The molecule has 3 rings (SSSR count). The van der Waals surface area contributed by atoms with Crippen molar-refractivity contribution < 1.29 is 23.9 Å². The number of aromatic nitrogens is 2. The van der Waals surface area contributed by atoms with Gasteiger partial charge in [-0.25, -0.2) is 9.78 Å². The third-order valence-electron chi connectivity index (χ3n) is 5.11. The highest BCUT2D eigenvalue weighted by Gasteiger charge is 2.53. The van der Waals surface area contributed by atoms with Crippen LogP contribution in [0.3, 0.4) is 0 Å². The van der Waals surface area contributed by atoms with E-state index in [2.05, 4.69) is 10.3 Å². The van der Waals surface area contributed by atoms with Crippen molar-refractivity contribution in [3.8, 4) is 0 Å². The molecule has 2 aliphatic rings. The van der Waals surface area contributed by atoms with Crippen molar-refractivity contribution in [1.82, 2.24) is 19.8 Å². The number of nitrogens with zero attached hydrogens (tertiary/aromatic N) is 3. The first kappa shape index (κ1) is 20.3. The molecule has 28 heavy (non-hydrogen) atoms. The molecular formula is C19H28N4O5. The molecule has 1 aliphatic heterocycles. The molecule has 1 unspecified atom stereocenters. The molecular weight excluding hydrogens is 364 g/mol. The molecule has 1 N–H and O–H groups in total. The van der Waals surface area contributed by atoms with Gasteiger partial charge in [-0.2, -0.15) is 0 Å². The summed E-state index contributed by atoms with van der Waals surface area (Å²) >= 11 is 0. The zero-order chi connectivity index (χ0) is 20.5. The van der Waals surface area contributed by atoms with Gasteiger partial charge in [0.25, 0.3) is 5.91 Å². The summed E-state index contributed by atoms with van der Waals surface area (Å²) in [7, 11) is 1.25. The van der Waals surface area contributed by atoms with E-state index in [9.17, 15) is 14.4 Å². The van der Waals surface area contributed by atoms with Gasteiger partial charge in [0.15, 0.2) is 5.69 Å². The minimum absolute atomic E-state index is 0.00155. The van der Waals surface area contributed by atoms with Crippen molar-refractivity contribution in [2.45, 2.75) is 64.3 Å². The van der Waals surface area contributed by atoms with Crippen LogP contribution in [-0.4, -0.2) is 70.2 Å². The molecule has 1 aromatic rings. The van der Waals surface area contributed by atoms with E-state index in [1.54, 1.807) is 16.4 Å². The van der Waals surface area contributed by atoms with E-state index in [4.69, 9.17) is 9.47 Å². The Morgan fingerprint density at radius 1 is 1.39 bits per heavy atom. The van der Waals surface area contributed by atoms with Crippen LogP contribution in [0.25, 0.3) is 0 Å². The van der Waals surface area contributed by atoms with E-state index < -0.39 is 11.5 Å². The molecule has 9 nitrogen and oxygen atoms in total. The Morgan fingerprint density at radius 3 is 2.71 bits per heavy atom. The summed E-state index contributed by atoms with van der Waals surface area (Å²) in [4.78, 5) is 43.9. The summed E-state index contributed by atoms with van der Waals surface area (Å²) in [5.41, 5.74) is -0.862. The van der Waals surface area contributed by atoms with Gasteiger partial charge in [0.2, 0.25) is 5.91 Å². The van der Waals surface area contributed by atoms with Gasteiger partial charge in [-0.15, -0.1) is 0 Å². The lowest BCUT2D eigenvalue weighted by Gasteiger charge is -2.44. The van der Waals surface area contributed by atoms with Gasteiger partial charge in [0, 0.05) is 19.2 Å². The van der Waals surface area contributed by atoms with E-state index in [1.165, 1.54) is 13.4 Å². The fraction of sp³-hybridized carbons (Fsp3) is 0.684.